The number of carbonyl (C=O) groups excluding carboxylic acids is 1. The summed E-state index contributed by atoms with van der Waals surface area (Å²) in [6.07, 6.45) is 11.2. The van der Waals surface area contributed by atoms with Crippen molar-refractivity contribution in [3.63, 3.8) is 0 Å². The summed E-state index contributed by atoms with van der Waals surface area (Å²) in [5, 5.41) is 3.67. The molecule has 3 fully saturated rings. The molecule has 2 bridgehead atoms. The molecule has 3 aliphatic rings. The predicted octanol–water partition coefficient (Wildman–Crippen LogP) is 4.06. The summed E-state index contributed by atoms with van der Waals surface area (Å²) >= 11 is 0. The van der Waals surface area contributed by atoms with Gasteiger partial charge in [0.25, 0.3) is 0 Å². The molecule has 3 nitrogen and oxygen atoms in total. The van der Waals surface area contributed by atoms with Gasteiger partial charge in [-0.1, -0.05) is 25.0 Å². The van der Waals surface area contributed by atoms with Gasteiger partial charge < -0.3 is 10.2 Å². The van der Waals surface area contributed by atoms with Gasteiger partial charge in [-0.2, -0.15) is 0 Å². The lowest BCUT2D eigenvalue weighted by Crippen LogP contribution is -2.43. The first-order valence-corrected chi connectivity index (χ1v) is 10.5. The lowest BCUT2D eigenvalue weighted by Gasteiger charge is -2.33. The summed E-state index contributed by atoms with van der Waals surface area (Å²) in [5.41, 5.74) is 1.11. The Morgan fingerprint density at radius 3 is 2.35 bits per heavy atom. The number of hydrogen-bond donors (Lipinski definition) is 1. The highest BCUT2D eigenvalue weighted by atomic mass is 19.1. The molecule has 2 unspecified atom stereocenters. The average Bonchev–Trinajstić information content (AvgIpc) is 3.27. The summed E-state index contributed by atoms with van der Waals surface area (Å²) in [5.74, 6) is 0.708. The molecule has 1 amide bonds. The predicted molar refractivity (Wildman–Crippen MR) is 101 cm³/mol. The standard InChI is InChI=1S/C22H31FN2O/c23-18-7-5-16(6-8-18)11-12-25(21-3-1-2-4-21)22(26)15-17-13-19-9-10-20(14-17)24-19/h5-8,17,19-21,24H,1-4,9-15H2. The Hall–Kier alpha value is -1.42. The van der Waals surface area contributed by atoms with Gasteiger partial charge in [-0.3, -0.25) is 4.79 Å². The van der Waals surface area contributed by atoms with E-state index in [1.807, 2.05) is 12.1 Å². The van der Waals surface area contributed by atoms with E-state index < -0.39 is 0 Å². The van der Waals surface area contributed by atoms with E-state index in [0.29, 0.717) is 36.4 Å². The number of rotatable bonds is 6. The zero-order valence-electron chi connectivity index (χ0n) is 15.6. The van der Waals surface area contributed by atoms with Crippen molar-refractivity contribution < 1.29 is 9.18 Å². The van der Waals surface area contributed by atoms with E-state index in [9.17, 15) is 9.18 Å². The van der Waals surface area contributed by atoms with E-state index in [0.717, 1.165) is 31.4 Å². The van der Waals surface area contributed by atoms with Crippen LogP contribution in [0.5, 0.6) is 0 Å². The van der Waals surface area contributed by atoms with Gasteiger partial charge in [0.15, 0.2) is 0 Å². The number of nitrogens with one attached hydrogen (secondary N) is 1. The molecule has 1 aromatic carbocycles. The lowest BCUT2D eigenvalue weighted by atomic mass is 9.89. The number of benzene rings is 1. The quantitative estimate of drug-likeness (QED) is 0.832. The molecule has 2 saturated heterocycles. The van der Waals surface area contributed by atoms with Crippen LogP contribution in [0.15, 0.2) is 24.3 Å². The Morgan fingerprint density at radius 1 is 1.04 bits per heavy atom. The number of fused-ring (bicyclic) bond motifs is 2. The number of halogens is 1. The first kappa shape index (κ1) is 18.0. The van der Waals surface area contributed by atoms with Crippen LogP contribution in [0.1, 0.15) is 63.4 Å². The molecular formula is C22H31FN2O. The van der Waals surface area contributed by atoms with Gasteiger partial charge in [0.2, 0.25) is 5.91 Å². The molecule has 0 spiro atoms. The zero-order valence-corrected chi connectivity index (χ0v) is 15.6. The van der Waals surface area contributed by atoms with Gasteiger partial charge >= 0.3 is 0 Å². The molecule has 0 radical (unpaired) electrons. The van der Waals surface area contributed by atoms with Crippen molar-refractivity contribution in [2.75, 3.05) is 6.54 Å². The smallest absolute Gasteiger partial charge is 0.223 e. The lowest BCUT2D eigenvalue weighted by molar-refractivity contribution is -0.134. The van der Waals surface area contributed by atoms with Gasteiger partial charge in [-0.25, -0.2) is 4.39 Å². The van der Waals surface area contributed by atoms with Crippen molar-refractivity contribution in [1.29, 1.82) is 0 Å². The minimum Gasteiger partial charge on any atom is -0.339 e. The largest absolute Gasteiger partial charge is 0.339 e. The summed E-state index contributed by atoms with van der Waals surface area (Å²) < 4.78 is 13.1. The highest BCUT2D eigenvalue weighted by Crippen LogP contribution is 2.34. The second-order valence-electron chi connectivity index (χ2n) is 8.58. The van der Waals surface area contributed by atoms with Crippen LogP contribution in [0, 0.1) is 11.7 Å². The molecular weight excluding hydrogens is 327 g/mol. The third kappa shape index (κ3) is 4.28. The molecule has 1 aliphatic carbocycles. The minimum absolute atomic E-state index is 0.196. The summed E-state index contributed by atoms with van der Waals surface area (Å²) in [4.78, 5) is 15.3. The molecule has 26 heavy (non-hydrogen) atoms. The van der Waals surface area contributed by atoms with Crippen LogP contribution in [-0.4, -0.2) is 35.5 Å². The minimum atomic E-state index is -0.196. The van der Waals surface area contributed by atoms with Gasteiger partial charge in [0, 0.05) is 31.1 Å². The fraction of sp³-hybridized carbons (Fsp3) is 0.682. The molecule has 142 valence electrons. The van der Waals surface area contributed by atoms with Gasteiger partial charge in [-0.15, -0.1) is 0 Å². The Kier molecular flexibility index (Phi) is 5.58. The molecule has 4 rings (SSSR count). The third-order valence-electron chi connectivity index (χ3n) is 6.67. The van der Waals surface area contributed by atoms with Gasteiger partial charge in [0.05, 0.1) is 0 Å². The molecule has 2 atom stereocenters. The highest BCUT2D eigenvalue weighted by Gasteiger charge is 2.35. The van der Waals surface area contributed by atoms with E-state index in [1.54, 1.807) is 0 Å². The van der Waals surface area contributed by atoms with Crippen LogP contribution in [0.25, 0.3) is 0 Å². The first-order valence-electron chi connectivity index (χ1n) is 10.5. The van der Waals surface area contributed by atoms with Crippen molar-refractivity contribution in [2.45, 2.75) is 82.3 Å². The second kappa shape index (κ2) is 8.08. The molecule has 1 aromatic rings. The van der Waals surface area contributed by atoms with Crippen molar-refractivity contribution in [1.82, 2.24) is 10.2 Å². The molecule has 4 heteroatoms. The van der Waals surface area contributed by atoms with Gasteiger partial charge in [0.1, 0.15) is 5.82 Å². The SMILES string of the molecule is O=C(CC1CC2CCC(C1)N2)N(CCc1ccc(F)cc1)C1CCCC1. The Bertz CT molecular complexity index is 599. The molecule has 1 saturated carbocycles. The van der Waals surface area contributed by atoms with E-state index >= 15 is 0 Å². The van der Waals surface area contributed by atoms with Crippen molar-refractivity contribution in [3.8, 4) is 0 Å². The van der Waals surface area contributed by atoms with E-state index in [-0.39, 0.29) is 5.82 Å². The normalized spacial score (nSPS) is 28.4. The van der Waals surface area contributed by atoms with Crippen molar-refractivity contribution >= 4 is 5.91 Å². The number of piperidine rings is 1. The monoisotopic (exact) mass is 358 g/mol. The van der Waals surface area contributed by atoms with Crippen LogP contribution in [0.2, 0.25) is 0 Å². The third-order valence-corrected chi connectivity index (χ3v) is 6.67. The molecule has 2 aliphatic heterocycles. The fourth-order valence-corrected chi connectivity index (χ4v) is 5.33. The van der Waals surface area contributed by atoms with Crippen LogP contribution in [-0.2, 0) is 11.2 Å². The number of amides is 1. The fourth-order valence-electron chi connectivity index (χ4n) is 5.33. The van der Waals surface area contributed by atoms with Crippen molar-refractivity contribution in [3.05, 3.63) is 35.6 Å². The van der Waals surface area contributed by atoms with Crippen LogP contribution in [0.4, 0.5) is 4.39 Å². The van der Waals surface area contributed by atoms with Crippen LogP contribution in [0.3, 0.4) is 0 Å². The Balaban J connectivity index is 1.37. The average molecular weight is 359 g/mol. The Labute approximate surface area is 156 Å². The topological polar surface area (TPSA) is 32.3 Å². The second-order valence-corrected chi connectivity index (χ2v) is 8.58. The molecule has 0 aromatic heterocycles. The van der Waals surface area contributed by atoms with Gasteiger partial charge in [-0.05, 0) is 68.6 Å². The summed E-state index contributed by atoms with van der Waals surface area (Å²) in [6.45, 7) is 0.771. The van der Waals surface area contributed by atoms with Crippen molar-refractivity contribution in [2.24, 2.45) is 5.92 Å². The maximum absolute atomic E-state index is 13.2. The highest BCUT2D eigenvalue weighted by molar-refractivity contribution is 5.77. The van der Waals surface area contributed by atoms with Crippen LogP contribution >= 0.6 is 0 Å². The first-order chi connectivity index (χ1) is 12.7. The van der Waals surface area contributed by atoms with E-state index in [2.05, 4.69) is 10.2 Å². The summed E-state index contributed by atoms with van der Waals surface area (Å²) in [7, 11) is 0. The number of nitrogens with zero attached hydrogens (tertiary/aromatic N) is 1. The molecule has 2 heterocycles. The number of hydrogen-bond acceptors (Lipinski definition) is 2. The maximum atomic E-state index is 13.2. The zero-order chi connectivity index (χ0) is 17.9. The molecule has 1 N–H and O–H groups in total. The Morgan fingerprint density at radius 2 is 1.69 bits per heavy atom. The summed E-state index contributed by atoms with van der Waals surface area (Å²) in [6, 6.07) is 8.43. The maximum Gasteiger partial charge on any atom is 0.223 e. The van der Waals surface area contributed by atoms with Crippen LogP contribution < -0.4 is 5.32 Å². The van der Waals surface area contributed by atoms with E-state index in [1.165, 1.54) is 50.7 Å². The number of carbonyl (C=O) groups is 1. The van der Waals surface area contributed by atoms with E-state index in [4.69, 9.17) is 0 Å².